The summed E-state index contributed by atoms with van der Waals surface area (Å²) in [5.74, 6) is -1.97. The summed E-state index contributed by atoms with van der Waals surface area (Å²) in [7, 11) is 0. The lowest BCUT2D eigenvalue weighted by molar-refractivity contribution is -0.150. The maximum absolute atomic E-state index is 13.4. The topological polar surface area (TPSA) is 189 Å². The van der Waals surface area contributed by atoms with E-state index in [2.05, 4.69) is 36.0 Å². The molecule has 14 nitrogen and oxygen atoms in total. The fraction of sp³-hybridized carbons (Fsp3) is 0.208. The molecule has 2 aliphatic heterocycles. The Balaban J connectivity index is 1.33. The molecule has 1 fully saturated rings. The van der Waals surface area contributed by atoms with Gasteiger partial charge in [-0.05, 0) is 17.2 Å². The molecule has 3 amide bonds. The predicted molar refractivity (Wildman–Crippen MR) is 150 cm³/mol. The molecule has 210 valence electrons. The number of rotatable bonds is 12. The molecule has 2 aromatic heterocycles. The fourth-order valence-corrected chi connectivity index (χ4v) is 6.89. The number of nitrogens with one attached hydrogen (secondary N) is 2. The second-order valence-electron chi connectivity index (χ2n) is 8.34. The van der Waals surface area contributed by atoms with Gasteiger partial charge in [-0.2, -0.15) is 0 Å². The zero-order valence-corrected chi connectivity index (χ0v) is 23.3. The van der Waals surface area contributed by atoms with Crippen LogP contribution in [0.4, 0.5) is 5.82 Å². The molecule has 0 saturated carbocycles. The van der Waals surface area contributed by atoms with Crippen molar-refractivity contribution < 1.29 is 29.1 Å². The number of hydrogen-bond donors (Lipinski definition) is 3. The van der Waals surface area contributed by atoms with Crippen LogP contribution in [0.25, 0.3) is 0 Å². The first-order valence-electron chi connectivity index (χ1n) is 11.8. The Labute approximate surface area is 244 Å². The molecule has 2 aliphatic rings. The summed E-state index contributed by atoms with van der Waals surface area (Å²) in [6, 6.07) is 9.53. The van der Waals surface area contributed by atoms with Gasteiger partial charge in [0.2, 0.25) is 12.1 Å². The summed E-state index contributed by atoms with van der Waals surface area (Å²) < 4.78 is 0.686. The van der Waals surface area contributed by atoms with Crippen LogP contribution in [0.1, 0.15) is 11.4 Å². The Morgan fingerprint density at radius 2 is 2.10 bits per heavy atom. The van der Waals surface area contributed by atoms with Crippen LogP contribution in [0.3, 0.4) is 0 Å². The molecule has 1 saturated heterocycles. The van der Waals surface area contributed by atoms with Gasteiger partial charge < -0.3 is 20.6 Å². The normalized spacial score (nSPS) is 18.3. The smallest absolute Gasteiger partial charge is 0.352 e. The lowest BCUT2D eigenvalue weighted by atomic mass is 10.0. The molecule has 17 heteroatoms. The molecule has 5 rings (SSSR count). The number of carbonyl (C=O) groups is 4. The molecular weight excluding hydrogens is 593 g/mol. The number of fused-ring (bicyclic) bond motifs is 1. The van der Waals surface area contributed by atoms with Gasteiger partial charge in [0, 0.05) is 17.7 Å². The van der Waals surface area contributed by atoms with Gasteiger partial charge in [-0.3, -0.25) is 19.3 Å². The summed E-state index contributed by atoms with van der Waals surface area (Å²) in [6.45, 7) is 0.0448. The van der Waals surface area contributed by atoms with E-state index in [9.17, 15) is 24.3 Å². The highest BCUT2D eigenvalue weighted by Gasteiger charge is 2.54. The van der Waals surface area contributed by atoms with Crippen molar-refractivity contribution in [3.05, 3.63) is 70.8 Å². The minimum absolute atomic E-state index is 0.0448. The number of benzene rings is 1. The highest BCUT2D eigenvalue weighted by Crippen LogP contribution is 2.41. The Hall–Kier alpha value is -4.35. The molecule has 0 spiro atoms. The van der Waals surface area contributed by atoms with Crippen molar-refractivity contribution in [1.29, 1.82) is 0 Å². The Kier molecular flexibility index (Phi) is 8.85. The largest absolute Gasteiger partial charge is 0.477 e. The second kappa shape index (κ2) is 12.9. The average molecular weight is 613 g/mol. The zero-order valence-electron chi connectivity index (χ0n) is 20.9. The number of carbonyl (C=O) groups excluding carboxylic acids is 3. The second-order valence-corrected chi connectivity index (χ2v) is 11.5. The van der Waals surface area contributed by atoms with Crippen LogP contribution < -0.4 is 10.6 Å². The Bertz CT molecular complexity index is 1520. The standard InChI is InChI=1S/C24H20N8O6S3/c33-11-26-15-6-7-25-19(28-15)16(31-38-8-13-4-2-1-3-5-13)20(34)29-17-21(35)32-18(23(36)37)14(9-39-22(17)32)10-40-24-30-27-12-41-24/h1-7,11-12,17,22H,8-10H2,(H,29,34)(H,36,37)(H,25,26,28,33)/t17?,22-/m1/s1. The third kappa shape index (κ3) is 6.36. The van der Waals surface area contributed by atoms with E-state index < -0.39 is 29.2 Å². The molecule has 0 radical (unpaired) electrons. The Morgan fingerprint density at radius 1 is 1.27 bits per heavy atom. The monoisotopic (exact) mass is 612 g/mol. The number of anilines is 1. The van der Waals surface area contributed by atoms with Crippen LogP contribution in [0, 0.1) is 0 Å². The van der Waals surface area contributed by atoms with E-state index in [-0.39, 0.29) is 29.7 Å². The Morgan fingerprint density at radius 3 is 2.83 bits per heavy atom. The van der Waals surface area contributed by atoms with E-state index in [1.165, 1.54) is 52.0 Å². The minimum Gasteiger partial charge on any atom is -0.477 e. The molecule has 2 atom stereocenters. The summed E-state index contributed by atoms with van der Waals surface area (Å²) in [5.41, 5.74) is 2.52. The first-order chi connectivity index (χ1) is 20.0. The number of nitrogens with zero attached hydrogens (tertiary/aromatic N) is 6. The van der Waals surface area contributed by atoms with Crippen LogP contribution in [-0.4, -0.2) is 83.0 Å². The van der Waals surface area contributed by atoms with E-state index in [4.69, 9.17) is 4.84 Å². The lowest BCUT2D eigenvalue weighted by Crippen LogP contribution is -2.71. The molecule has 0 bridgehead atoms. The molecule has 4 heterocycles. The molecule has 1 aromatic carbocycles. The van der Waals surface area contributed by atoms with E-state index in [1.807, 2.05) is 30.3 Å². The SMILES string of the molecule is O=CNc1ccnc(C(=NOCc2ccccc2)C(=O)NC2C(=O)N3C(C(=O)O)=C(CSc4nncs4)CS[C@H]23)n1. The van der Waals surface area contributed by atoms with Crippen LogP contribution >= 0.6 is 34.9 Å². The lowest BCUT2D eigenvalue weighted by Gasteiger charge is -2.49. The van der Waals surface area contributed by atoms with Gasteiger partial charge in [0.05, 0.1) is 0 Å². The van der Waals surface area contributed by atoms with Crippen molar-refractivity contribution >= 4 is 70.6 Å². The first kappa shape index (κ1) is 28.2. The van der Waals surface area contributed by atoms with Crippen LogP contribution in [0.15, 0.2) is 68.9 Å². The number of hydrogen-bond acceptors (Lipinski definition) is 13. The molecule has 41 heavy (non-hydrogen) atoms. The first-order valence-corrected chi connectivity index (χ1v) is 14.7. The average Bonchev–Trinajstić information content (AvgIpc) is 3.51. The number of oxime groups is 1. The summed E-state index contributed by atoms with van der Waals surface area (Å²) in [4.78, 5) is 64.3. The van der Waals surface area contributed by atoms with Gasteiger partial charge in [-0.25, -0.2) is 14.8 Å². The van der Waals surface area contributed by atoms with Crippen LogP contribution in [0.2, 0.25) is 0 Å². The van der Waals surface area contributed by atoms with Crippen LogP contribution in [0.5, 0.6) is 0 Å². The summed E-state index contributed by atoms with van der Waals surface area (Å²) in [6.07, 6.45) is 1.75. The molecular formula is C24H20N8O6S3. The van der Waals surface area contributed by atoms with E-state index in [1.54, 1.807) is 5.51 Å². The summed E-state index contributed by atoms with van der Waals surface area (Å²) in [5, 5.41) is 25.9. The highest BCUT2D eigenvalue weighted by atomic mass is 32.2. The third-order valence-corrected chi connectivity index (χ3v) is 9.05. The molecule has 0 aliphatic carbocycles. The van der Waals surface area contributed by atoms with E-state index in [0.717, 1.165) is 5.56 Å². The van der Waals surface area contributed by atoms with E-state index in [0.29, 0.717) is 27.8 Å². The molecule has 3 N–H and O–H groups in total. The van der Waals surface area contributed by atoms with Crippen molar-refractivity contribution in [3.63, 3.8) is 0 Å². The quantitative estimate of drug-likeness (QED) is 0.0877. The number of aliphatic carboxylic acids is 1. The number of β-lactam (4-membered cyclic amide) rings is 1. The maximum Gasteiger partial charge on any atom is 0.352 e. The van der Waals surface area contributed by atoms with Gasteiger partial charge in [-0.1, -0.05) is 58.6 Å². The number of carboxylic acids is 1. The third-order valence-electron chi connectivity index (χ3n) is 5.77. The predicted octanol–water partition coefficient (Wildman–Crippen LogP) is 1.35. The van der Waals surface area contributed by atoms with Gasteiger partial charge in [0.25, 0.3) is 11.8 Å². The molecule has 3 aromatic rings. The minimum atomic E-state index is -1.23. The van der Waals surface area contributed by atoms with Gasteiger partial charge in [0.1, 0.15) is 35.0 Å². The number of carboxylic acid groups (broad SMARTS) is 1. The zero-order chi connectivity index (χ0) is 28.8. The van der Waals surface area contributed by atoms with Gasteiger partial charge in [0.15, 0.2) is 10.2 Å². The van der Waals surface area contributed by atoms with Crippen molar-refractivity contribution in [3.8, 4) is 0 Å². The molecule has 1 unspecified atom stereocenters. The van der Waals surface area contributed by atoms with Crippen molar-refractivity contribution in [2.24, 2.45) is 5.16 Å². The van der Waals surface area contributed by atoms with Crippen molar-refractivity contribution in [2.75, 3.05) is 16.8 Å². The van der Waals surface area contributed by atoms with Gasteiger partial charge in [-0.15, -0.1) is 22.0 Å². The maximum atomic E-state index is 13.4. The van der Waals surface area contributed by atoms with Crippen LogP contribution in [-0.2, 0) is 30.6 Å². The number of thioether (sulfide) groups is 2. The number of aromatic nitrogens is 4. The fourth-order valence-electron chi connectivity index (χ4n) is 3.92. The number of amides is 3. The van der Waals surface area contributed by atoms with Crippen molar-refractivity contribution in [2.45, 2.75) is 22.4 Å². The highest BCUT2D eigenvalue weighted by molar-refractivity contribution is 8.01. The summed E-state index contributed by atoms with van der Waals surface area (Å²) >= 11 is 4.01. The van der Waals surface area contributed by atoms with Crippen molar-refractivity contribution in [1.82, 2.24) is 30.4 Å². The van der Waals surface area contributed by atoms with Gasteiger partial charge >= 0.3 is 5.97 Å². The van der Waals surface area contributed by atoms with E-state index >= 15 is 0 Å².